The van der Waals surface area contributed by atoms with Gasteiger partial charge in [0.1, 0.15) is 0 Å². The van der Waals surface area contributed by atoms with Crippen LogP contribution in [0.3, 0.4) is 0 Å². The first kappa shape index (κ1) is 29.5. The molecular weight excluding hydrogens is 555 g/mol. The van der Waals surface area contributed by atoms with Gasteiger partial charge in [0.2, 0.25) is 0 Å². The number of hydrogen-bond donors (Lipinski definition) is 0. The molecule has 200 valence electrons. The van der Waals surface area contributed by atoms with Gasteiger partial charge in [0.15, 0.2) is 5.78 Å². The van der Waals surface area contributed by atoms with Crippen LogP contribution in [0.5, 0.6) is 0 Å². The first-order valence-corrected chi connectivity index (χ1v) is 16.6. The van der Waals surface area contributed by atoms with Crippen molar-refractivity contribution >= 4 is 30.0 Å². The minimum Gasteiger partial charge on any atom is -0.377 e. The number of rotatable bonds is 10. The van der Waals surface area contributed by atoms with Crippen LogP contribution in [0.25, 0.3) is 0 Å². The fraction of sp³-hybridized carbons (Fsp3) is 0.636. The van der Waals surface area contributed by atoms with E-state index in [0.29, 0.717) is 33.9 Å². The highest BCUT2D eigenvalue weighted by Crippen LogP contribution is 2.40. The minimum atomic E-state index is -0.150. The third-order valence-electron chi connectivity index (χ3n) is 8.45. The second kappa shape index (κ2) is 14.2. The number of hydrogen-bond acceptors (Lipinski definition) is 2. The van der Waals surface area contributed by atoms with Gasteiger partial charge in [-0.2, -0.15) is 0 Å². The number of allylic oxidation sites excluding steroid dienone is 8. The smallest absolute Gasteiger partial charge is 0.163 e. The van der Waals surface area contributed by atoms with E-state index in [1.54, 1.807) is 10.6 Å². The van der Waals surface area contributed by atoms with E-state index in [1.807, 2.05) is 0 Å². The highest BCUT2D eigenvalue weighted by molar-refractivity contribution is 14.2. The van der Waals surface area contributed by atoms with Crippen molar-refractivity contribution in [3.63, 3.8) is 0 Å². The molecule has 4 unspecified atom stereocenters. The Morgan fingerprint density at radius 1 is 1.19 bits per heavy atom. The number of carbonyl (C=O) groups excluding carboxylic acids is 1. The van der Waals surface area contributed by atoms with Crippen LogP contribution in [-0.4, -0.2) is 26.4 Å². The molecule has 3 heteroatoms. The first-order valence-electron chi connectivity index (χ1n) is 14.2. The number of alkyl halides is 1. The SMILES string of the molecule is CCCC(C)C(C(C)I=C1CC(=O)/C(=C\C(C)=C\C2=C(C)CCCC2)C1)C(C)C1=CC[C@H](OC)C=C1. The fourth-order valence-corrected chi connectivity index (χ4v) is 10.7. The molecule has 3 aliphatic rings. The summed E-state index contributed by atoms with van der Waals surface area (Å²) in [6.07, 6.45) is 21.8. The van der Waals surface area contributed by atoms with E-state index >= 15 is 0 Å². The van der Waals surface area contributed by atoms with Gasteiger partial charge >= 0.3 is 0 Å². The van der Waals surface area contributed by atoms with Gasteiger partial charge in [-0.15, -0.1) is 20.7 Å². The molecule has 0 aromatic heterocycles. The van der Waals surface area contributed by atoms with Crippen molar-refractivity contribution < 1.29 is 9.53 Å². The monoisotopic (exact) mass is 604 g/mol. The average molecular weight is 605 g/mol. The number of methoxy groups -OCH3 is 1. The third-order valence-corrected chi connectivity index (χ3v) is 11.9. The van der Waals surface area contributed by atoms with Crippen LogP contribution in [0, 0.1) is 17.8 Å². The molecule has 1 saturated carbocycles. The van der Waals surface area contributed by atoms with Crippen LogP contribution in [0.4, 0.5) is 0 Å². The van der Waals surface area contributed by atoms with E-state index in [-0.39, 0.29) is 26.8 Å². The summed E-state index contributed by atoms with van der Waals surface area (Å²) in [5, 5.41) is 0. The minimum absolute atomic E-state index is 0.150. The lowest BCUT2D eigenvalue weighted by Crippen LogP contribution is -2.29. The van der Waals surface area contributed by atoms with Crippen LogP contribution in [0.15, 0.2) is 58.2 Å². The Labute approximate surface area is 231 Å². The molecular formula is C33H49IO2. The number of Topliss-reactive ketones (excluding diaryl/α,β-unsaturated/α-hetero) is 1. The molecule has 0 bridgehead atoms. The van der Waals surface area contributed by atoms with Crippen LogP contribution in [0.2, 0.25) is 0 Å². The molecule has 0 radical (unpaired) electrons. The molecule has 3 rings (SSSR count). The number of carbonyl (C=O) groups is 1. The lowest BCUT2D eigenvalue weighted by molar-refractivity contribution is -0.113. The van der Waals surface area contributed by atoms with Gasteiger partial charge in [0.05, 0.1) is 6.10 Å². The van der Waals surface area contributed by atoms with Crippen molar-refractivity contribution in [2.24, 2.45) is 17.8 Å². The van der Waals surface area contributed by atoms with Crippen LogP contribution in [0.1, 0.15) is 99.3 Å². The zero-order chi connectivity index (χ0) is 26.2. The standard InChI is InChI=1S/C33H49IO2/c1-8-11-24(4)33(25(5)27-14-16-31(36-7)17-15-27)26(6)34-30-20-29(32(35)21-30)19-22(2)18-28-13-10-9-12-23(28)3/h14-16,18-19,24-26,31,33H,8-13,17,20-21H2,1-7H3/b22-18+,29-19-/t24?,25?,26?,31-,33?/m1/s1. The summed E-state index contributed by atoms with van der Waals surface area (Å²) in [7, 11) is 1.80. The summed E-state index contributed by atoms with van der Waals surface area (Å²) in [6, 6.07) is 0. The zero-order valence-electron chi connectivity index (χ0n) is 23.8. The van der Waals surface area contributed by atoms with E-state index in [1.165, 1.54) is 60.8 Å². The third kappa shape index (κ3) is 7.96. The van der Waals surface area contributed by atoms with Crippen LogP contribution >= 0.6 is 20.7 Å². The highest BCUT2D eigenvalue weighted by Gasteiger charge is 2.32. The molecule has 0 heterocycles. The highest BCUT2D eigenvalue weighted by atomic mass is 127. The summed E-state index contributed by atoms with van der Waals surface area (Å²) < 4.78 is 7.74. The number of ether oxygens (including phenoxy) is 1. The van der Waals surface area contributed by atoms with E-state index in [0.717, 1.165) is 18.4 Å². The van der Waals surface area contributed by atoms with Gasteiger partial charge in [-0.05, 0) is 78.4 Å². The predicted octanol–water partition coefficient (Wildman–Crippen LogP) is 9.23. The Bertz CT molecular complexity index is 974. The maximum absolute atomic E-state index is 13.0. The Morgan fingerprint density at radius 3 is 2.58 bits per heavy atom. The second-order valence-corrected chi connectivity index (χ2v) is 15.5. The summed E-state index contributed by atoms with van der Waals surface area (Å²) in [5.74, 6) is 2.26. The van der Waals surface area contributed by atoms with Gasteiger partial charge in [-0.1, -0.05) is 82.1 Å². The predicted molar refractivity (Wildman–Crippen MR) is 165 cm³/mol. The summed E-state index contributed by atoms with van der Waals surface area (Å²) >= 11 is -0.150. The van der Waals surface area contributed by atoms with E-state index in [9.17, 15) is 4.79 Å². The van der Waals surface area contributed by atoms with Crippen molar-refractivity contribution in [3.05, 3.63) is 58.2 Å². The van der Waals surface area contributed by atoms with Crippen LogP contribution in [-0.2, 0) is 9.53 Å². The van der Waals surface area contributed by atoms with Crippen molar-refractivity contribution in [1.29, 1.82) is 0 Å². The van der Waals surface area contributed by atoms with Crippen molar-refractivity contribution in [3.8, 4) is 0 Å². The molecule has 0 aromatic carbocycles. The molecule has 0 aromatic rings. The molecule has 0 spiro atoms. The fourth-order valence-electron chi connectivity index (χ4n) is 6.39. The lowest BCUT2D eigenvalue weighted by atomic mass is 9.75. The largest absolute Gasteiger partial charge is 0.377 e. The van der Waals surface area contributed by atoms with E-state index in [4.69, 9.17) is 4.74 Å². The number of halogens is 1. The van der Waals surface area contributed by atoms with E-state index in [2.05, 4.69) is 71.9 Å². The first-order chi connectivity index (χ1) is 17.2. The van der Waals surface area contributed by atoms with Gasteiger partial charge in [-0.25, -0.2) is 0 Å². The Hall–Kier alpha value is -1.07. The van der Waals surface area contributed by atoms with Gasteiger partial charge in [-0.3, -0.25) is 4.79 Å². The average Bonchev–Trinajstić information content (AvgIpc) is 3.18. The molecule has 0 N–H and O–H groups in total. The maximum atomic E-state index is 13.0. The van der Waals surface area contributed by atoms with Crippen LogP contribution < -0.4 is 0 Å². The molecule has 0 saturated heterocycles. The molecule has 5 atom stereocenters. The normalized spacial score (nSPS) is 27.2. The Balaban J connectivity index is 1.76. The molecule has 36 heavy (non-hydrogen) atoms. The Kier molecular flexibility index (Phi) is 11.6. The quantitative estimate of drug-likeness (QED) is 0.141. The van der Waals surface area contributed by atoms with Crippen molar-refractivity contribution in [2.45, 2.75) is 109 Å². The van der Waals surface area contributed by atoms with Gasteiger partial charge in [0, 0.05) is 29.4 Å². The molecule has 2 nitrogen and oxygen atoms in total. The molecule has 1 fully saturated rings. The van der Waals surface area contributed by atoms with E-state index < -0.39 is 0 Å². The Morgan fingerprint density at radius 2 is 1.94 bits per heavy atom. The summed E-state index contributed by atoms with van der Waals surface area (Å²) in [4.78, 5) is 13.0. The summed E-state index contributed by atoms with van der Waals surface area (Å²) in [6.45, 7) is 14.1. The molecule has 3 aliphatic carbocycles. The second-order valence-electron chi connectivity index (χ2n) is 11.4. The van der Waals surface area contributed by atoms with Gasteiger partial charge in [0.25, 0.3) is 0 Å². The summed E-state index contributed by atoms with van der Waals surface area (Å²) in [5.41, 5.74) is 6.81. The number of ketones is 1. The molecule has 0 aliphatic heterocycles. The van der Waals surface area contributed by atoms with Crippen molar-refractivity contribution in [1.82, 2.24) is 0 Å². The van der Waals surface area contributed by atoms with Crippen molar-refractivity contribution in [2.75, 3.05) is 7.11 Å². The lowest BCUT2D eigenvalue weighted by Gasteiger charge is -2.35. The maximum Gasteiger partial charge on any atom is 0.163 e. The zero-order valence-corrected chi connectivity index (χ0v) is 26.0. The molecule has 0 amide bonds. The van der Waals surface area contributed by atoms with Gasteiger partial charge < -0.3 is 4.74 Å². The topological polar surface area (TPSA) is 26.3 Å².